The zero-order chi connectivity index (χ0) is 26.0. The summed E-state index contributed by atoms with van der Waals surface area (Å²) >= 11 is 2.10. The van der Waals surface area contributed by atoms with Crippen molar-refractivity contribution in [3.63, 3.8) is 0 Å². The monoisotopic (exact) mass is 628 g/mol. The van der Waals surface area contributed by atoms with Crippen LogP contribution in [0.15, 0.2) is 47.6 Å². The predicted molar refractivity (Wildman–Crippen MR) is 139 cm³/mol. The zero-order valence-corrected chi connectivity index (χ0v) is 22.1. The van der Waals surface area contributed by atoms with E-state index in [4.69, 9.17) is 10.5 Å². The minimum atomic E-state index is -4.68. The van der Waals surface area contributed by atoms with E-state index in [2.05, 4.69) is 37.6 Å². The number of halogens is 3. The molecule has 190 valence electrons. The third-order valence-electron chi connectivity index (χ3n) is 5.61. The number of carbonyl (C=O) groups is 1. The molecule has 0 radical (unpaired) electrons. The van der Waals surface area contributed by atoms with E-state index in [1.165, 1.54) is 12.4 Å². The number of hydrogen-bond donors (Lipinski definition) is 3. The van der Waals surface area contributed by atoms with E-state index in [1.807, 2.05) is 0 Å². The van der Waals surface area contributed by atoms with Gasteiger partial charge in [0.1, 0.15) is 5.56 Å². The molecule has 36 heavy (non-hydrogen) atoms. The third kappa shape index (κ3) is 5.76. The number of aryl methyl sites for hydroxylation is 1. The molecule has 1 aliphatic rings. The molecule has 0 atom stereocenters. The Morgan fingerprint density at radius 1 is 1.25 bits per heavy atom. The van der Waals surface area contributed by atoms with Crippen molar-refractivity contribution in [3.05, 3.63) is 74.6 Å². The SMILES string of the molecule is Cc1cc(I)ccc1Nc1c(F)c(F)c(S(=O)(=O)NCc2cccnc2)c(OCC2CC2)c1C(N)=O. The number of amides is 1. The standard InChI is InChI=1S/C24H23F2IN4O4S/c1-13-9-16(27)6-7-17(13)31-21-18(24(28)32)22(35-12-14-4-5-14)23(20(26)19(21)25)36(33,34)30-11-15-3-2-8-29-10-15/h2-3,6-10,14,30-31H,4-5,11-12H2,1H3,(H2,28,32). The van der Waals surface area contributed by atoms with Crippen LogP contribution in [0.3, 0.4) is 0 Å². The lowest BCUT2D eigenvalue weighted by Gasteiger charge is -2.21. The molecule has 0 unspecified atom stereocenters. The smallest absolute Gasteiger partial charge is 0.254 e. The molecule has 1 aromatic heterocycles. The quantitative estimate of drug-likeness (QED) is 0.287. The minimum absolute atomic E-state index is 0.0263. The van der Waals surface area contributed by atoms with Crippen molar-refractivity contribution in [3.8, 4) is 5.75 Å². The molecule has 4 N–H and O–H groups in total. The summed E-state index contributed by atoms with van der Waals surface area (Å²) in [4.78, 5) is 15.3. The molecule has 1 aliphatic carbocycles. The number of nitrogens with one attached hydrogen (secondary N) is 2. The maximum absolute atomic E-state index is 15.5. The number of nitrogens with zero attached hydrogens (tertiary/aromatic N) is 1. The van der Waals surface area contributed by atoms with Crippen molar-refractivity contribution in [1.29, 1.82) is 0 Å². The highest BCUT2D eigenvalue weighted by atomic mass is 127. The normalized spacial score (nSPS) is 13.4. The van der Waals surface area contributed by atoms with E-state index in [9.17, 15) is 13.2 Å². The van der Waals surface area contributed by atoms with Gasteiger partial charge in [-0.05, 0) is 83.7 Å². The van der Waals surface area contributed by atoms with Crippen molar-refractivity contribution in [2.24, 2.45) is 11.7 Å². The van der Waals surface area contributed by atoms with Crippen LogP contribution in [-0.2, 0) is 16.6 Å². The number of hydrogen-bond acceptors (Lipinski definition) is 6. The van der Waals surface area contributed by atoms with Gasteiger partial charge in [0.05, 0.1) is 12.3 Å². The van der Waals surface area contributed by atoms with Gasteiger partial charge < -0.3 is 15.8 Å². The first-order valence-electron chi connectivity index (χ1n) is 11.0. The molecule has 0 saturated heterocycles. The molecular weight excluding hydrogens is 605 g/mol. The Morgan fingerprint density at radius 3 is 2.61 bits per heavy atom. The molecule has 0 aliphatic heterocycles. The molecular formula is C24H23F2IN4O4S. The molecule has 1 heterocycles. The van der Waals surface area contributed by atoms with E-state index in [-0.39, 0.29) is 19.1 Å². The Labute approximate surface area is 220 Å². The second kappa shape index (κ2) is 10.6. The van der Waals surface area contributed by atoms with Crippen LogP contribution in [0.25, 0.3) is 0 Å². The highest BCUT2D eigenvalue weighted by Crippen LogP contribution is 2.41. The largest absolute Gasteiger partial charge is 0.491 e. The summed E-state index contributed by atoms with van der Waals surface area (Å²) in [5, 5.41) is 2.72. The van der Waals surface area contributed by atoms with Crippen LogP contribution in [0, 0.1) is 28.0 Å². The van der Waals surface area contributed by atoms with Crippen LogP contribution in [0.2, 0.25) is 0 Å². The van der Waals surface area contributed by atoms with Crippen molar-refractivity contribution >= 4 is 49.9 Å². The van der Waals surface area contributed by atoms with Gasteiger partial charge in [0.25, 0.3) is 5.91 Å². The first-order chi connectivity index (χ1) is 17.1. The van der Waals surface area contributed by atoms with Gasteiger partial charge in [-0.25, -0.2) is 21.9 Å². The molecule has 1 fully saturated rings. The molecule has 12 heteroatoms. The Kier molecular flexibility index (Phi) is 7.76. The van der Waals surface area contributed by atoms with Crippen LogP contribution in [0.5, 0.6) is 5.75 Å². The number of benzene rings is 2. The molecule has 1 amide bonds. The fourth-order valence-corrected chi connectivity index (χ4v) is 5.40. The molecule has 2 aromatic carbocycles. The van der Waals surface area contributed by atoms with Gasteiger partial charge in [-0.15, -0.1) is 0 Å². The third-order valence-corrected chi connectivity index (χ3v) is 7.70. The number of carbonyl (C=O) groups excluding carboxylic acids is 1. The summed E-state index contributed by atoms with van der Waals surface area (Å²) in [6, 6.07) is 8.38. The lowest BCUT2D eigenvalue weighted by atomic mass is 10.1. The highest BCUT2D eigenvalue weighted by Gasteiger charge is 2.36. The van der Waals surface area contributed by atoms with Crippen molar-refractivity contribution < 1.29 is 26.7 Å². The number of sulfonamides is 1. The summed E-state index contributed by atoms with van der Waals surface area (Å²) in [5.41, 5.74) is 5.95. The van der Waals surface area contributed by atoms with Crippen molar-refractivity contribution in [1.82, 2.24) is 9.71 Å². The number of primary amides is 1. The highest BCUT2D eigenvalue weighted by molar-refractivity contribution is 14.1. The van der Waals surface area contributed by atoms with Crippen LogP contribution >= 0.6 is 22.6 Å². The Balaban J connectivity index is 1.85. The Bertz CT molecular complexity index is 1420. The molecule has 3 aromatic rings. The van der Waals surface area contributed by atoms with Gasteiger partial charge in [-0.1, -0.05) is 6.07 Å². The topological polar surface area (TPSA) is 123 Å². The van der Waals surface area contributed by atoms with E-state index >= 15 is 8.78 Å². The second-order valence-electron chi connectivity index (χ2n) is 8.42. The number of rotatable bonds is 10. The molecule has 8 nitrogen and oxygen atoms in total. The van der Waals surface area contributed by atoms with Gasteiger partial charge in [0, 0.05) is 28.2 Å². The van der Waals surface area contributed by atoms with E-state index in [1.54, 1.807) is 37.3 Å². The fraction of sp³-hybridized carbons (Fsp3) is 0.250. The number of aromatic nitrogens is 1. The van der Waals surface area contributed by atoms with Gasteiger partial charge in [0.15, 0.2) is 22.3 Å². The van der Waals surface area contributed by atoms with Crippen LogP contribution in [0.4, 0.5) is 20.2 Å². The average Bonchev–Trinajstić information content (AvgIpc) is 3.66. The minimum Gasteiger partial charge on any atom is -0.491 e. The Morgan fingerprint density at radius 2 is 2.00 bits per heavy atom. The number of pyridine rings is 1. The molecule has 4 rings (SSSR count). The fourth-order valence-electron chi connectivity index (χ4n) is 3.52. The first kappa shape index (κ1) is 26.2. The predicted octanol–water partition coefficient (Wildman–Crippen LogP) is 4.38. The maximum Gasteiger partial charge on any atom is 0.254 e. The Hall–Kier alpha value is -2.84. The number of nitrogens with two attached hydrogens (primary N) is 1. The molecule has 1 saturated carbocycles. The van der Waals surface area contributed by atoms with Gasteiger partial charge in [0.2, 0.25) is 10.0 Å². The average molecular weight is 628 g/mol. The number of ether oxygens (including phenoxy) is 1. The van der Waals surface area contributed by atoms with E-state index < -0.39 is 49.5 Å². The molecule has 0 bridgehead atoms. The summed E-state index contributed by atoms with van der Waals surface area (Å²) < 4.78 is 66.2. The van der Waals surface area contributed by atoms with Gasteiger partial charge in [-0.2, -0.15) is 0 Å². The zero-order valence-electron chi connectivity index (χ0n) is 19.1. The maximum atomic E-state index is 15.5. The lowest BCUT2D eigenvalue weighted by Crippen LogP contribution is -2.28. The summed E-state index contributed by atoms with van der Waals surface area (Å²) in [6.45, 7) is 1.53. The van der Waals surface area contributed by atoms with Crippen molar-refractivity contribution in [2.75, 3.05) is 11.9 Å². The summed E-state index contributed by atoms with van der Waals surface area (Å²) in [6.07, 6.45) is 4.61. The first-order valence-corrected chi connectivity index (χ1v) is 13.5. The van der Waals surface area contributed by atoms with Crippen LogP contribution in [0.1, 0.15) is 34.3 Å². The van der Waals surface area contributed by atoms with Crippen LogP contribution in [-0.4, -0.2) is 25.9 Å². The van der Waals surface area contributed by atoms with Gasteiger partial charge >= 0.3 is 0 Å². The van der Waals surface area contributed by atoms with E-state index in [0.717, 1.165) is 16.4 Å². The lowest BCUT2D eigenvalue weighted by molar-refractivity contribution is 0.0995. The second-order valence-corrected chi connectivity index (χ2v) is 11.4. The van der Waals surface area contributed by atoms with Gasteiger partial charge in [-0.3, -0.25) is 9.78 Å². The molecule has 0 spiro atoms. The summed E-state index contributed by atoms with van der Waals surface area (Å²) in [5.74, 6) is -4.93. The number of anilines is 2. The van der Waals surface area contributed by atoms with Crippen LogP contribution < -0.4 is 20.5 Å². The van der Waals surface area contributed by atoms with E-state index in [0.29, 0.717) is 16.8 Å². The van der Waals surface area contributed by atoms with Crippen molar-refractivity contribution in [2.45, 2.75) is 31.2 Å². The summed E-state index contributed by atoms with van der Waals surface area (Å²) in [7, 11) is -4.68.